The van der Waals surface area contributed by atoms with E-state index >= 15 is 4.79 Å². The number of carbonyl (C=O) groups is 3. The van der Waals surface area contributed by atoms with E-state index in [0.717, 1.165) is 58.0 Å². The van der Waals surface area contributed by atoms with Gasteiger partial charge < -0.3 is 14.4 Å². The van der Waals surface area contributed by atoms with Crippen molar-refractivity contribution < 1.29 is 23.9 Å². The van der Waals surface area contributed by atoms with E-state index in [1.54, 1.807) is 0 Å². The molecule has 0 aromatic heterocycles. The van der Waals surface area contributed by atoms with E-state index in [4.69, 9.17) is 14.5 Å². The zero-order valence-corrected chi connectivity index (χ0v) is 38.9. The molecule has 1 aromatic rings. The van der Waals surface area contributed by atoms with Gasteiger partial charge in [0.05, 0.1) is 11.3 Å². The van der Waals surface area contributed by atoms with E-state index in [-0.39, 0.29) is 51.2 Å². The maximum atomic E-state index is 15.4. The van der Waals surface area contributed by atoms with Gasteiger partial charge in [-0.05, 0) is 159 Å². The molecule has 2 heterocycles. The van der Waals surface area contributed by atoms with Crippen LogP contribution in [-0.2, 0) is 23.9 Å². The van der Waals surface area contributed by atoms with E-state index < -0.39 is 5.41 Å². The number of benzene rings is 1. The van der Waals surface area contributed by atoms with Crippen molar-refractivity contribution in [2.75, 3.05) is 13.1 Å². The third-order valence-electron chi connectivity index (χ3n) is 21.8. The average molecular weight is 833 g/mol. The van der Waals surface area contributed by atoms with Crippen LogP contribution < -0.4 is 0 Å². The summed E-state index contributed by atoms with van der Waals surface area (Å²) >= 11 is 0. The Kier molecular flexibility index (Phi) is 9.83. The number of carbonyl (C=O) groups excluding carboxylic acids is 3. The van der Waals surface area contributed by atoms with Gasteiger partial charge in [0, 0.05) is 48.2 Å². The molecule has 7 nitrogen and oxygen atoms in total. The molecule has 0 radical (unpaired) electrons. The van der Waals surface area contributed by atoms with Gasteiger partial charge in [-0.3, -0.25) is 19.4 Å². The summed E-state index contributed by atoms with van der Waals surface area (Å²) < 4.78 is 11.8. The topological polar surface area (TPSA) is 85.3 Å². The van der Waals surface area contributed by atoms with Crippen molar-refractivity contribution in [3.63, 3.8) is 0 Å². The number of amides is 1. The van der Waals surface area contributed by atoms with E-state index in [0.29, 0.717) is 59.7 Å². The van der Waals surface area contributed by atoms with Crippen molar-refractivity contribution in [1.29, 1.82) is 0 Å². The second-order valence-electron chi connectivity index (χ2n) is 24.6. The molecular weight excluding hydrogens is 757 g/mol. The molecule has 7 heteroatoms. The molecule has 9 aliphatic rings. The fourth-order valence-corrected chi connectivity index (χ4v) is 17.6. The Bertz CT molecular complexity index is 1990. The number of allylic oxidation sites excluding steroid dienone is 1. The molecule has 7 aliphatic carbocycles. The van der Waals surface area contributed by atoms with Crippen LogP contribution in [0.5, 0.6) is 0 Å². The lowest BCUT2D eigenvalue weighted by Gasteiger charge is -2.73. The number of hydrogen-bond donors (Lipinski definition) is 0. The van der Waals surface area contributed by atoms with Gasteiger partial charge in [-0.25, -0.2) is 0 Å². The van der Waals surface area contributed by atoms with Gasteiger partial charge in [0.1, 0.15) is 12.2 Å². The predicted octanol–water partition coefficient (Wildman–Crippen LogP) is 11.5. The number of ether oxygens (including phenoxy) is 2. The Balaban J connectivity index is 0.855. The van der Waals surface area contributed by atoms with Crippen molar-refractivity contribution in [1.82, 2.24) is 4.90 Å². The van der Waals surface area contributed by atoms with Crippen LogP contribution in [0.15, 0.2) is 41.5 Å². The summed E-state index contributed by atoms with van der Waals surface area (Å²) in [5.74, 6) is 3.49. The summed E-state index contributed by atoms with van der Waals surface area (Å²) in [6.45, 7) is 21.8. The van der Waals surface area contributed by atoms with Crippen LogP contribution in [0.3, 0.4) is 0 Å². The first-order valence-corrected chi connectivity index (χ1v) is 24.8. The Labute approximate surface area is 367 Å². The van der Waals surface area contributed by atoms with Gasteiger partial charge in [-0.15, -0.1) is 0 Å². The van der Waals surface area contributed by atoms with Crippen molar-refractivity contribution in [3.05, 3.63) is 42.1 Å². The molecular formula is C54H76N2O5. The molecule has 1 saturated heterocycles. The Morgan fingerprint density at radius 1 is 0.721 bits per heavy atom. The van der Waals surface area contributed by atoms with E-state index in [1.165, 1.54) is 68.2 Å². The molecule has 12 atom stereocenters. The fraction of sp³-hybridized carbons (Fsp3) is 0.778. The summed E-state index contributed by atoms with van der Waals surface area (Å²) in [5.41, 5.74) is 4.18. The minimum Gasteiger partial charge on any atom is -0.464 e. The summed E-state index contributed by atoms with van der Waals surface area (Å²) in [7, 11) is 0. The molecule has 1 amide bonds. The van der Waals surface area contributed by atoms with Crippen molar-refractivity contribution in [2.24, 2.45) is 84.3 Å². The largest absolute Gasteiger partial charge is 0.464 e. The number of piperidine rings is 1. The molecule has 1 aromatic carbocycles. The maximum absolute atomic E-state index is 15.4. The minimum atomic E-state index is -0.406. The summed E-state index contributed by atoms with van der Waals surface area (Å²) in [6, 6.07) is 10.7. The Morgan fingerprint density at radius 3 is 2.15 bits per heavy atom. The number of likely N-dealkylation sites (tertiary alicyclic amines) is 1. The lowest BCUT2D eigenvalue weighted by molar-refractivity contribution is -0.253. The van der Waals surface area contributed by atoms with Crippen molar-refractivity contribution >= 4 is 29.6 Å². The molecule has 61 heavy (non-hydrogen) atoms. The van der Waals surface area contributed by atoms with Crippen molar-refractivity contribution in [3.8, 4) is 0 Å². The second-order valence-corrected chi connectivity index (χ2v) is 24.6. The maximum Gasteiger partial charge on any atom is 0.310 e. The van der Waals surface area contributed by atoms with Crippen LogP contribution in [0.1, 0.15) is 164 Å². The quantitative estimate of drug-likeness (QED) is 0.192. The van der Waals surface area contributed by atoms with Gasteiger partial charge in [0.25, 0.3) is 6.47 Å². The van der Waals surface area contributed by atoms with E-state index in [9.17, 15) is 9.59 Å². The highest BCUT2D eigenvalue weighted by Gasteiger charge is 2.74. The molecule has 0 unspecified atom stereocenters. The third kappa shape index (κ3) is 6.05. The lowest BCUT2D eigenvalue weighted by atomic mass is 9.32. The van der Waals surface area contributed by atoms with Crippen LogP contribution in [0, 0.1) is 79.3 Å². The highest BCUT2D eigenvalue weighted by molar-refractivity contribution is 5.99. The van der Waals surface area contributed by atoms with Crippen molar-refractivity contribution in [2.45, 2.75) is 170 Å². The summed E-state index contributed by atoms with van der Waals surface area (Å²) in [6.07, 6.45) is 19.5. The molecule has 10 rings (SSSR count). The molecule has 332 valence electrons. The SMILES string of the molecule is CC1([C@@H]2CC[C@]3(C(=O)N4CCC(C5=NC=C(c6ccccc6)C5)CC4)CC[C@]4(C)[C@H](CC[C@@H]5[C@@]6(C)CC[C@H](OC(=O)[C@H]7C[C@@H](OC=O)C7(C)C)C(C)(C)[C@@H]6CC[C@]54C)[C@@H]23)CC1. The van der Waals surface area contributed by atoms with Gasteiger partial charge in [0.15, 0.2) is 0 Å². The molecule has 8 fully saturated rings. The summed E-state index contributed by atoms with van der Waals surface area (Å²) in [4.78, 5) is 47.6. The number of fused-ring (bicyclic) bond motifs is 7. The normalized spacial score (nSPS) is 44.2. The lowest BCUT2D eigenvalue weighted by Crippen LogP contribution is -2.68. The number of hydrogen-bond acceptors (Lipinski definition) is 6. The Hall–Kier alpha value is -2.96. The standard InChI is InChI=1S/C54H76N2O5/c1-48(2)39(31-44(48)60-33-57)46(58)61-43-18-21-51(6)41(49(43,3)4)17-22-53(8)42(51)15-14-38-45-37(50(5)24-25-50)16-23-54(45,27-26-52(38,53)7)47(59)56-28-19-35(20-29-56)40-30-36(32-55-40)34-12-10-9-11-13-34/h9-13,32-33,35,37-39,41-45H,14-31H2,1-8H3/t37-,38-,39-,41+,42-,43+,44-,45-,51+,52-,53-,54+/m1/s1. The molecule has 2 aliphatic heterocycles. The first kappa shape index (κ1) is 42.0. The molecule has 0 spiro atoms. The molecule has 0 bridgehead atoms. The predicted molar refractivity (Wildman–Crippen MR) is 240 cm³/mol. The summed E-state index contributed by atoms with van der Waals surface area (Å²) in [5, 5.41) is 0. The Morgan fingerprint density at radius 2 is 1.46 bits per heavy atom. The van der Waals surface area contributed by atoms with Crippen LogP contribution in [0.2, 0.25) is 0 Å². The number of nitrogens with zero attached hydrogens (tertiary/aromatic N) is 2. The highest BCUT2D eigenvalue weighted by atomic mass is 16.6. The number of rotatable bonds is 8. The van der Waals surface area contributed by atoms with Crippen LogP contribution in [0.4, 0.5) is 0 Å². The first-order valence-electron chi connectivity index (χ1n) is 24.8. The van der Waals surface area contributed by atoms with Crippen LogP contribution in [-0.4, -0.2) is 54.3 Å². The minimum absolute atomic E-state index is 0.101. The zero-order chi connectivity index (χ0) is 43.0. The second kappa shape index (κ2) is 14.3. The van der Waals surface area contributed by atoms with Crippen LogP contribution >= 0.6 is 0 Å². The number of aliphatic imine (C=N–C) groups is 1. The van der Waals surface area contributed by atoms with Gasteiger partial charge in [-0.2, -0.15) is 0 Å². The molecule has 7 saturated carbocycles. The smallest absolute Gasteiger partial charge is 0.310 e. The number of esters is 1. The third-order valence-corrected chi connectivity index (χ3v) is 21.8. The van der Waals surface area contributed by atoms with Crippen LogP contribution in [0.25, 0.3) is 5.57 Å². The molecule has 0 N–H and O–H groups in total. The highest BCUT2D eigenvalue weighted by Crippen LogP contribution is 2.79. The first-order chi connectivity index (χ1) is 28.9. The van der Waals surface area contributed by atoms with Gasteiger partial charge in [-0.1, -0.05) is 85.7 Å². The average Bonchev–Trinajstić information content (AvgIpc) is 3.60. The van der Waals surface area contributed by atoms with E-state index in [2.05, 4.69) is 83.0 Å². The fourth-order valence-electron chi connectivity index (χ4n) is 17.6. The van der Waals surface area contributed by atoms with E-state index in [1.807, 2.05) is 13.8 Å². The van der Waals surface area contributed by atoms with Gasteiger partial charge >= 0.3 is 5.97 Å². The zero-order valence-electron chi connectivity index (χ0n) is 38.9. The monoisotopic (exact) mass is 833 g/mol. The van der Waals surface area contributed by atoms with Gasteiger partial charge in [0.2, 0.25) is 5.91 Å².